The second kappa shape index (κ2) is 5.98. The van der Waals surface area contributed by atoms with Gasteiger partial charge in [0.15, 0.2) is 4.90 Å². The average molecular weight is 313 g/mol. The number of nitrogens with zero attached hydrogens (tertiary/aromatic N) is 2. The van der Waals surface area contributed by atoms with Crippen LogP contribution in [-0.2, 0) is 10.0 Å². The first kappa shape index (κ1) is 15.7. The molecule has 2 rings (SSSR count). The molecule has 1 aliphatic rings. The van der Waals surface area contributed by atoms with Crippen molar-refractivity contribution in [2.24, 2.45) is 5.92 Å². The summed E-state index contributed by atoms with van der Waals surface area (Å²) < 4.78 is 26.8. The maximum absolute atomic E-state index is 12.7. The number of rotatable bonds is 4. The second-order valence-corrected chi connectivity index (χ2v) is 7.21. The smallest absolute Gasteiger partial charge is 0.289 e. The van der Waals surface area contributed by atoms with E-state index in [0.29, 0.717) is 18.8 Å². The molecule has 0 saturated carbocycles. The number of sulfonamides is 1. The van der Waals surface area contributed by atoms with E-state index in [1.165, 1.54) is 22.5 Å². The predicted octanol–water partition coefficient (Wildman–Crippen LogP) is 2.06. The van der Waals surface area contributed by atoms with Crippen molar-refractivity contribution in [1.29, 1.82) is 0 Å². The summed E-state index contributed by atoms with van der Waals surface area (Å²) in [5.74, 6) is 0.264. The molecule has 1 unspecified atom stereocenters. The minimum atomic E-state index is -3.85. The number of anilines is 1. The van der Waals surface area contributed by atoms with E-state index in [0.717, 1.165) is 12.8 Å². The highest BCUT2D eigenvalue weighted by molar-refractivity contribution is 7.89. The number of hydrogen-bond donors (Lipinski definition) is 1. The van der Waals surface area contributed by atoms with Gasteiger partial charge in [0, 0.05) is 31.9 Å². The van der Waals surface area contributed by atoms with Crippen LogP contribution in [0, 0.1) is 16.0 Å². The van der Waals surface area contributed by atoms with Gasteiger partial charge < -0.3 is 5.32 Å². The summed E-state index contributed by atoms with van der Waals surface area (Å²) in [6, 6.07) is 4.05. The Hall–Kier alpha value is -1.67. The molecule has 0 spiro atoms. The lowest BCUT2D eigenvalue weighted by molar-refractivity contribution is -0.387. The molecule has 1 aromatic carbocycles. The number of piperidine rings is 1. The van der Waals surface area contributed by atoms with Gasteiger partial charge in [-0.15, -0.1) is 0 Å². The van der Waals surface area contributed by atoms with Gasteiger partial charge in [0.25, 0.3) is 5.69 Å². The summed E-state index contributed by atoms with van der Waals surface area (Å²) in [5.41, 5.74) is 0.149. The van der Waals surface area contributed by atoms with Crippen molar-refractivity contribution in [2.75, 3.05) is 25.5 Å². The van der Waals surface area contributed by atoms with Crippen LogP contribution in [0.3, 0.4) is 0 Å². The Bertz CT molecular complexity index is 645. The zero-order valence-corrected chi connectivity index (χ0v) is 12.9. The fourth-order valence-electron chi connectivity index (χ4n) is 2.53. The van der Waals surface area contributed by atoms with Gasteiger partial charge in [0.05, 0.1) is 4.92 Å². The largest absolute Gasteiger partial charge is 0.388 e. The third-order valence-corrected chi connectivity index (χ3v) is 5.58. The molecule has 21 heavy (non-hydrogen) atoms. The molecule has 0 aliphatic carbocycles. The highest BCUT2D eigenvalue weighted by atomic mass is 32.2. The normalized spacial score (nSPS) is 20.2. The molecule has 0 radical (unpaired) electrons. The number of hydrogen-bond acceptors (Lipinski definition) is 5. The van der Waals surface area contributed by atoms with Crippen LogP contribution in [0.2, 0.25) is 0 Å². The molecule has 0 bridgehead atoms. The highest BCUT2D eigenvalue weighted by Crippen LogP contribution is 2.31. The van der Waals surface area contributed by atoms with Crippen molar-refractivity contribution in [3.05, 3.63) is 28.3 Å². The Labute approximate surface area is 124 Å². The number of nitro benzene ring substituents is 1. The Kier molecular flexibility index (Phi) is 4.48. The van der Waals surface area contributed by atoms with Crippen LogP contribution in [0.5, 0.6) is 0 Å². The summed E-state index contributed by atoms with van der Waals surface area (Å²) in [4.78, 5) is 10.2. The Morgan fingerprint density at radius 2 is 2.14 bits per heavy atom. The quantitative estimate of drug-likeness (QED) is 0.678. The van der Waals surface area contributed by atoms with Crippen molar-refractivity contribution < 1.29 is 13.3 Å². The van der Waals surface area contributed by atoms with E-state index in [4.69, 9.17) is 0 Å². The molecule has 1 aromatic rings. The molecule has 1 fully saturated rings. The lowest BCUT2D eigenvalue weighted by Crippen LogP contribution is -2.39. The molecule has 0 amide bonds. The molecular formula is C13H19N3O4S. The summed E-state index contributed by atoms with van der Waals surface area (Å²) >= 11 is 0. The second-order valence-electron chi connectivity index (χ2n) is 5.30. The number of nitrogens with one attached hydrogen (secondary N) is 1. The third-order valence-electron chi connectivity index (χ3n) is 3.68. The standard InChI is InChI=1S/C13H19N3O4S/c1-10-4-3-7-15(9-10)21(19,20)13-8-11(14-2)5-6-12(13)16(17)18/h5-6,8,10,14H,3-4,7,9H2,1-2H3. The molecular weight excluding hydrogens is 294 g/mol. The molecule has 1 atom stereocenters. The third kappa shape index (κ3) is 3.16. The van der Waals surface area contributed by atoms with Gasteiger partial charge in [-0.1, -0.05) is 6.92 Å². The van der Waals surface area contributed by atoms with Crippen molar-refractivity contribution in [2.45, 2.75) is 24.7 Å². The maximum Gasteiger partial charge on any atom is 0.289 e. The zero-order chi connectivity index (χ0) is 15.6. The molecule has 8 heteroatoms. The summed E-state index contributed by atoms with van der Waals surface area (Å²) in [5, 5.41) is 13.9. The first-order valence-corrected chi connectivity index (χ1v) is 8.26. The van der Waals surface area contributed by atoms with Crippen LogP contribution in [0.15, 0.2) is 23.1 Å². The molecule has 0 aromatic heterocycles. The summed E-state index contributed by atoms with van der Waals surface area (Å²) in [7, 11) is -2.21. The van der Waals surface area contributed by atoms with Crippen molar-refractivity contribution >= 4 is 21.4 Å². The topological polar surface area (TPSA) is 92.5 Å². The minimum Gasteiger partial charge on any atom is -0.388 e. The van der Waals surface area contributed by atoms with Crippen LogP contribution in [0.25, 0.3) is 0 Å². The van der Waals surface area contributed by atoms with Gasteiger partial charge in [-0.3, -0.25) is 10.1 Å². The zero-order valence-electron chi connectivity index (χ0n) is 12.1. The molecule has 1 N–H and O–H groups in total. The fraction of sp³-hybridized carbons (Fsp3) is 0.538. The lowest BCUT2D eigenvalue weighted by Gasteiger charge is -2.29. The van der Waals surface area contributed by atoms with E-state index in [-0.39, 0.29) is 16.5 Å². The van der Waals surface area contributed by atoms with E-state index in [1.807, 2.05) is 6.92 Å². The van der Waals surface area contributed by atoms with Gasteiger partial charge in [-0.05, 0) is 30.9 Å². The van der Waals surface area contributed by atoms with Gasteiger partial charge >= 0.3 is 0 Å². The van der Waals surface area contributed by atoms with Crippen LogP contribution in [-0.4, -0.2) is 37.8 Å². The van der Waals surface area contributed by atoms with Gasteiger partial charge in [-0.25, -0.2) is 8.42 Å². The maximum atomic E-state index is 12.7. The average Bonchev–Trinajstić information content (AvgIpc) is 2.46. The summed E-state index contributed by atoms with van der Waals surface area (Å²) in [6.45, 7) is 2.80. The van der Waals surface area contributed by atoms with E-state index in [1.54, 1.807) is 7.05 Å². The molecule has 7 nitrogen and oxygen atoms in total. The van der Waals surface area contributed by atoms with E-state index in [9.17, 15) is 18.5 Å². The SMILES string of the molecule is CNc1ccc([N+](=O)[O-])c(S(=O)(=O)N2CCCC(C)C2)c1. The van der Waals surface area contributed by atoms with Crippen molar-refractivity contribution in [3.8, 4) is 0 Å². The monoisotopic (exact) mass is 313 g/mol. The predicted molar refractivity (Wildman–Crippen MR) is 79.8 cm³/mol. The van der Waals surface area contributed by atoms with Gasteiger partial charge in [-0.2, -0.15) is 4.31 Å². The Morgan fingerprint density at radius 1 is 1.43 bits per heavy atom. The van der Waals surface area contributed by atoms with Crippen molar-refractivity contribution in [1.82, 2.24) is 4.31 Å². The Morgan fingerprint density at radius 3 is 2.71 bits per heavy atom. The van der Waals surface area contributed by atoms with Crippen LogP contribution >= 0.6 is 0 Å². The van der Waals surface area contributed by atoms with Crippen LogP contribution < -0.4 is 5.32 Å². The molecule has 1 saturated heterocycles. The van der Waals surface area contributed by atoms with E-state index < -0.39 is 14.9 Å². The Balaban J connectivity index is 2.49. The van der Waals surface area contributed by atoms with Crippen LogP contribution in [0.4, 0.5) is 11.4 Å². The first-order valence-electron chi connectivity index (χ1n) is 6.82. The van der Waals surface area contributed by atoms with Gasteiger partial charge in [0.1, 0.15) is 0 Å². The first-order chi connectivity index (χ1) is 9.86. The summed E-state index contributed by atoms with van der Waals surface area (Å²) in [6.07, 6.45) is 1.75. The lowest BCUT2D eigenvalue weighted by atomic mass is 10.0. The van der Waals surface area contributed by atoms with E-state index >= 15 is 0 Å². The fourth-order valence-corrected chi connectivity index (χ4v) is 4.31. The van der Waals surface area contributed by atoms with Gasteiger partial charge in [0.2, 0.25) is 10.0 Å². The highest BCUT2D eigenvalue weighted by Gasteiger charge is 2.34. The van der Waals surface area contributed by atoms with Crippen molar-refractivity contribution in [3.63, 3.8) is 0 Å². The number of benzene rings is 1. The number of nitro groups is 1. The molecule has 1 heterocycles. The van der Waals surface area contributed by atoms with Crippen LogP contribution in [0.1, 0.15) is 19.8 Å². The molecule has 1 aliphatic heterocycles. The van der Waals surface area contributed by atoms with E-state index in [2.05, 4.69) is 5.32 Å². The molecule has 116 valence electrons. The minimum absolute atomic E-state index is 0.242.